The maximum atomic E-state index is 13.9. The number of rotatable bonds is 9. The lowest BCUT2D eigenvalue weighted by Crippen LogP contribution is -2.52. The summed E-state index contributed by atoms with van der Waals surface area (Å²) in [6.45, 7) is 11.5. The zero-order valence-corrected chi connectivity index (χ0v) is 25.3. The van der Waals surface area contributed by atoms with Crippen LogP contribution in [0.4, 0.5) is 0 Å². The molecular weight excluding hydrogens is 510 g/mol. The van der Waals surface area contributed by atoms with Crippen molar-refractivity contribution >= 4 is 22.7 Å². The standard InChI is InChI=1S/C34H47N5O2/c1-24-18-27(19-25(2)26(24)3)22-37(4)34(41)32(20-28-21-35-31-11-7-6-10-30(28)31)36-33(40)23-38-16-12-29(13-17-38)39-14-8-5-9-15-39/h6-7,10-11,18-19,21,29,32,35H,5,8-9,12-17,20,22-23H2,1-4H3,(H,36,40). The summed E-state index contributed by atoms with van der Waals surface area (Å²) in [6, 6.07) is 12.4. The number of nitrogens with one attached hydrogen (secondary N) is 2. The number of amides is 2. The zero-order valence-electron chi connectivity index (χ0n) is 25.3. The summed E-state index contributed by atoms with van der Waals surface area (Å²) in [5, 5.41) is 4.23. The highest BCUT2D eigenvalue weighted by Crippen LogP contribution is 2.22. The number of para-hydroxylation sites is 1. The molecule has 2 aliphatic heterocycles. The highest BCUT2D eigenvalue weighted by atomic mass is 16.2. The molecule has 41 heavy (non-hydrogen) atoms. The molecule has 7 heteroatoms. The second-order valence-electron chi connectivity index (χ2n) is 12.3. The van der Waals surface area contributed by atoms with Gasteiger partial charge in [-0.05, 0) is 93.4 Å². The number of H-pyrrole nitrogens is 1. The van der Waals surface area contributed by atoms with Gasteiger partial charge in [0.05, 0.1) is 6.54 Å². The number of piperidine rings is 2. The normalized spacial score (nSPS) is 18.0. The third kappa shape index (κ3) is 7.19. The van der Waals surface area contributed by atoms with Crippen LogP contribution in [0.25, 0.3) is 10.9 Å². The van der Waals surface area contributed by atoms with Crippen LogP contribution < -0.4 is 5.32 Å². The minimum absolute atomic E-state index is 0.0664. The fourth-order valence-electron chi connectivity index (χ4n) is 6.72. The smallest absolute Gasteiger partial charge is 0.245 e. The van der Waals surface area contributed by atoms with Crippen molar-refractivity contribution < 1.29 is 9.59 Å². The van der Waals surface area contributed by atoms with E-state index in [1.54, 1.807) is 4.90 Å². The van der Waals surface area contributed by atoms with Gasteiger partial charge in [-0.25, -0.2) is 0 Å². The Morgan fingerprint density at radius 1 is 1.00 bits per heavy atom. The van der Waals surface area contributed by atoms with E-state index in [1.807, 2.05) is 31.4 Å². The Bertz CT molecular complexity index is 1330. The van der Waals surface area contributed by atoms with Crippen LogP contribution in [0.15, 0.2) is 42.6 Å². The molecule has 2 fully saturated rings. The van der Waals surface area contributed by atoms with Crippen molar-refractivity contribution in [1.82, 2.24) is 25.0 Å². The molecule has 1 aromatic heterocycles. The van der Waals surface area contributed by atoms with Gasteiger partial charge in [0.2, 0.25) is 11.8 Å². The molecule has 2 saturated heterocycles. The molecule has 0 radical (unpaired) electrons. The van der Waals surface area contributed by atoms with Crippen LogP contribution in [-0.4, -0.2) is 83.4 Å². The number of hydrogen-bond acceptors (Lipinski definition) is 4. The molecule has 0 saturated carbocycles. The largest absolute Gasteiger partial charge is 0.361 e. The first-order valence-corrected chi connectivity index (χ1v) is 15.4. The maximum Gasteiger partial charge on any atom is 0.245 e. The molecule has 2 amide bonds. The predicted octanol–water partition coefficient (Wildman–Crippen LogP) is 4.73. The Kier molecular flexibility index (Phi) is 9.46. The number of aromatic amines is 1. The second-order valence-corrected chi connectivity index (χ2v) is 12.3. The van der Waals surface area contributed by atoms with Gasteiger partial charge in [0.1, 0.15) is 6.04 Å². The molecule has 0 bridgehead atoms. The maximum absolute atomic E-state index is 13.9. The number of nitrogens with zero attached hydrogens (tertiary/aromatic N) is 3. The summed E-state index contributed by atoms with van der Waals surface area (Å²) < 4.78 is 0. The molecule has 2 N–H and O–H groups in total. The number of carbonyl (C=O) groups excluding carboxylic acids is 2. The molecule has 220 valence electrons. The number of fused-ring (bicyclic) bond motifs is 1. The molecule has 3 heterocycles. The molecule has 1 unspecified atom stereocenters. The van der Waals surface area contributed by atoms with Gasteiger partial charge in [-0.1, -0.05) is 36.8 Å². The average molecular weight is 558 g/mol. The van der Waals surface area contributed by atoms with E-state index in [0.717, 1.165) is 48.0 Å². The Hall–Kier alpha value is -3.16. The molecule has 0 aliphatic carbocycles. The third-order valence-electron chi connectivity index (χ3n) is 9.35. The van der Waals surface area contributed by atoms with Gasteiger partial charge in [-0.15, -0.1) is 0 Å². The Morgan fingerprint density at radius 3 is 2.39 bits per heavy atom. The van der Waals surface area contributed by atoms with Gasteiger partial charge in [0.25, 0.3) is 0 Å². The Balaban J connectivity index is 1.25. The van der Waals surface area contributed by atoms with E-state index in [9.17, 15) is 9.59 Å². The van der Waals surface area contributed by atoms with Gasteiger partial charge >= 0.3 is 0 Å². The van der Waals surface area contributed by atoms with E-state index in [0.29, 0.717) is 25.6 Å². The SMILES string of the molecule is Cc1cc(CN(C)C(=O)C(Cc2c[nH]c3ccccc23)NC(=O)CN2CCC(N3CCCCC3)CC2)cc(C)c1C. The van der Waals surface area contributed by atoms with Gasteiger partial charge in [0.15, 0.2) is 0 Å². The van der Waals surface area contributed by atoms with E-state index < -0.39 is 6.04 Å². The Labute approximate surface area is 245 Å². The molecule has 1 atom stereocenters. The summed E-state index contributed by atoms with van der Waals surface area (Å²) >= 11 is 0. The number of aromatic nitrogens is 1. The fourth-order valence-corrected chi connectivity index (χ4v) is 6.72. The first kappa shape index (κ1) is 29.3. The zero-order chi connectivity index (χ0) is 28.9. The minimum Gasteiger partial charge on any atom is -0.361 e. The first-order chi connectivity index (χ1) is 19.8. The second kappa shape index (κ2) is 13.2. The molecule has 0 spiro atoms. The summed E-state index contributed by atoms with van der Waals surface area (Å²) in [4.78, 5) is 37.2. The number of benzene rings is 2. The van der Waals surface area contributed by atoms with Gasteiger partial charge < -0.3 is 20.1 Å². The van der Waals surface area contributed by atoms with E-state index >= 15 is 0 Å². The van der Waals surface area contributed by atoms with Crippen molar-refractivity contribution in [2.24, 2.45) is 0 Å². The monoisotopic (exact) mass is 557 g/mol. The van der Waals surface area contributed by atoms with Crippen LogP contribution in [0, 0.1) is 20.8 Å². The van der Waals surface area contributed by atoms with E-state index in [1.165, 1.54) is 49.0 Å². The lowest BCUT2D eigenvalue weighted by Gasteiger charge is -2.40. The van der Waals surface area contributed by atoms with Crippen molar-refractivity contribution in [2.45, 2.75) is 77.9 Å². The minimum atomic E-state index is -0.634. The lowest BCUT2D eigenvalue weighted by atomic mass is 9.99. The van der Waals surface area contributed by atoms with E-state index in [4.69, 9.17) is 0 Å². The first-order valence-electron chi connectivity index (χ1n) is 15.4. The fraction of sp³-hybridized carbons (Fsp3) is 0.529. The Morgan fingerprint density at radius 2 is 1.68 bits per heavy atom. The molecule has 3 aromatic rings. The third-order valence-corrected chi connectivity index (χ3v) is 9.35. The van der Waals surface area contributed by atoms with Crippen molar-refractivity contribution in [3.8, 4) is 0 Å². The van der Waals surface area contributed by atoms with Crippen LogP contribution in [0.1, 0.15) is 59.9 Å². The highest BCUT2D eigenvalue weighted by molar-refractivity contribution is 5.90. The van der Waals surface area contributed by atoms with Crippen molar-refractivity contribution in [3.05, 3.63) is 70.4 Å². The number of likely N-dealkylation sites (N-methyl/N-ethyl adjacent to an activating group) is 1. The number of aryl methyl sites for hydroxylation is 2. The number of carbonyl (C=O) groups is 2. The van der Waals surface area contributed by atoms with E-state index in [2.05, 4.69) is 59.1 Å². The number of hydrogen-bond donors (Lipinski definition) is 2. The summed E-state index contributed by atoms with van der Waals surface area (Å²) in [7, 11) is 1.84. The lowest BCUT2D eigenvalue weighted by molar-refractivity contribution is -0.136. The van der Waals surface area contributed by atoms with Gasteiger partial charge in [0, 0.05) is 56.2 Å². The van der Waals surface area contributed by atoms with Crippen LogP contribution in [0.3, 0.4) is 0 Å². The van der Waals surface area contributed by atoms with Gasteiger partial charge in [-0.3, -0.25) is 14.5 Å². The molecule has 5 rings (SSSR count). The highest BCUT2D eigenvalue weighted by Gasteiger charge is 2.29. The van der Waals surface area contributed by atoms with Crippen molar-refractivity contribution in [3.63, 3.8) is 0 Å². The van der Waals surface area contributed by atoms with Gasteiger partial charge in [-0.2, -0.15) is 0 Å². The molecule has 2 aromatic carbocycles. The topological polar surface area (TPSA) is 71.7 Å². The predicted molar refractivity (Wildman–Crippen MR) is 166 cm³/mol. The average Bonchev–Trinajstić information content (AvgIpc) is 3.38. The van der Waals surface area contributed by atoms with Crippen molar-refractivity contribution in [2.75, 3.05) is 39.8 Å². The van der Waals surface area contributed by atoms with Crippen LogP contribution in [0.2, 0.25) is 0 Å². The molecule has 2 aliphatic rings. The van der Waals surface area contributed by atoms with Crippen LogP contribution in [0.5, 0.6) is 0 Å². The quantitative estimate of drug-likeness (QED) is 0.399. The molecule has 7 nitrogen and oxygen atoms in total. The van der Waals surface area contributed by atoms with Crippen molar-refractivity contribution in [1.29, 1.82) is 0 Å². The number of likely N-dealkylation sites (tertiary alicyclic amines) is 2. The summed E-state index contributed by atoms with van der Waals surface area (Å²) in [5.74, 6) is -0.140. The molecular formula is C34H47N5O2. The van der Waals surface area contributed by atoms with Crippen LogP contribution >= 0.6 is 0 Å². The van der Waals surface area contributed by atoms with Crippen LogP contribution in [-0.2, 0) is 22.6 Å². The van der Waals surface area contributed by atoms with E-state index in [-0.39, 0.29) is 11.8 Å². The summed E-state index contributed by atoms with van der Waals surface area (Å²) in [6.07, 6.45) is 8.62. The summed E-state index contributed by atoms with van der Waals surface area (Å²) in [5.41, 5.74) is 6.93.